The molecule has 0 aromatic heterocycles. The maximum absolute atomic E-state index is 2.42. The number of benzene rings is 3. The van der Waals surface area contributed by atoms with Gasteiger partial charge in [-0.2, -0.15) is 0 Å². The van der Waals surface area contributed by atoms with Crippen molar-refractivity contribution in [2.24, 2.45) is 0 Å². The van der Waals surface area contributed by atoms with Crippen molar-refractivity contribution in [1.82, 2.24) is 0 Å². The number of rotatable bonds is 0. The van der Waals surface area contributed by atoms with Gasteiger partial charge < -0.3 is 0 Å². The van der Waals surface area contributed by atoms with E-state index in [1.165, 1.54) is 34.4 Å². The summed E-state index contributed by atoms with van der Waals surface area (Å²) in [6.07, 6.45) is 2.52. The molecule has 0 nitrogen and oxygen atoms in total. The Hall–Kier alpha value is -1.82. The summed E-state index contributed by atoms with van der Waals surface area (Å²) in [5, 5.41) is 5.72. The van der Waals surface area contributed by atoms with Gasteiger partial charge in [0, 0.05) is 0 Å². The van der Waals surface area contributed by atoms with Crippen molar-refractivity contribution in [3.05, 3.63) is 59.7 Å². The van der Waals surface area contributed by atoms with Gasteiger partial charge in [0.15, 0.2) is 0 Å². The van der Waals surface area contributed by atoms with Gasteiger partial charge in [-0.15, -0.1) is 0 Å². The average Bonchev–Trinajstić information content (AvgIpc) is 2.51. The Morgan fingerprint density at radius 1 is 0.545 bits per heavy atom. The molecule has 0 unspecified atom stereocenters. The molecule has 0 aliphatic heterocycles. The van der Waals surface area contributed by atoms with Crippen LogP contribution in [0, 0.1) is 0 Å². The average molecular weight is 288 g/mol. The Bertz CT molecular complexity index is 806. The van der Waals surface area contributed by atoms with Crippen molar-refractivity contribution in [3.63, 3.8) is 0 Å². The lowest BCUT2D eigenvalue weighted by Gasteiger charge is -2.43. The van der Waals surface area contributed by atoms with Crippen molar-refractivity contribution in [2.45, 2.75) is 51.4 Å². The summed E-state index contributed by atoms with van der Waals surface area (Å²) >= 11 is 0. The Morgan fingerprint density at radius 3 is 1.23 bits per heavy atom. The summed E-state index contributed by atoms with van der Waals surface area (Å²) in [7, 11) is 0. The van der Waals surface area contributed by atoms with E-state index in [-0.39, 0.29) is 10.8 Å². The predicted molar refractivity (Wildman–Crippen MR) is 96.7 cm³/mol. The van der Waals surface area contributed by atoms with Crippen LogP contribution in [0.15, 0.2) is 48.5 Å². The lowest BCUT2D eigenvalue weighted by atomic mass is 9.61. The molecule has 4 rings (SSSR count). The molecule has 0 heterocycles. The van der Waals surface area contributed by atoms with E-state index in [0.717, 1.165) is 0 Å². The van der Waals surface area contributed by atoms with Gasteiger partial charge in [-0.25, -0.2) is 0 Å². The second-order valence-corrected chi connectivity index (χ2v) is 8.11. The maximum Gasteiger partial charge on any atom is -0.00939 e. The van der Waals surface area contributed by atoms with Crippen LogP contribution in [0.4, 0.5) is 0 Å². The summed E-state index contributed by atoms with van der Waals surface area (Å²) in [6, 6.07) is 17.9. The number of hydrogen-bond acceptors (Lipinski definition) is 0. The highest BCUT2D eigenvalue weighted by Gasteiger charge is 2.39. The molecule has 1 aliphatic rings. The smallest absolute Gasteiger partial charge is 0.00939 e. The molecule has 0 fully saturated rings. The van der Waals surface area contributed by atoms with Gasteiger partial charge in [0.25, 0.3) is 0 Å². The topological polar surface area (TPSA) is 0 Å². The highest BCUT2D eigenvalue weighted by molar-refractivity contribution is 6.11. The van der Waals surface area contributed by atoms with Gasteiger partial charge in [-0.1, -0.05) is 76.2 Å². The fraction of sp³-hybridized carbons (Fsp3) is 0.364. The van der Waals surface area contributed by atoms with E-state index in [2.05, 4.69) is 76.2 Å². The Balaban J connectivity index is 2.33. The molecule has 22 heavy (non-hydrogen) atoms. The van der Waals surface area contributed by atoms with E-state index < -0.39 is 0 Å². The molecule has 0 radical (unpaired) electrons. The summed E-state index contributed by atoms with van der Waals surface area (Å²) in [6.45, 7) is 9.68. The zero-order chi connectivity index (χ0) is 15.5. The first kappa shape index (κ1) is 13.8. The van der Waals surface area contributed by atoms with Gasteiger partial charge in [0.05, 0.1) is 0 Å². The van der Waals surface area contributed by atoms with Crippen LogP contribution in [-0.2, 0) is 10.8 Å². The molecule has 0 saturated heterocycles. The van der Waals surface area contributed by atoms with Crippen molar-refractivity contribution >= 4 is 21.5 Å². The summed E-state index contributed by atoms with van der Waals surface area (Å²) in [4.78, 5) is 0. The number of hydrogen-bond donors (Lipinski definition) is 0. The molecule has 3 aromatic carbocycles. The largest absolute Gasteiger partial charge is 0.0616 e. The van der Waals surface area contributed by atoms with Crippen LogP contribution in [0.1, 0.15) is 51.7 Å². The summed E-state index contributed by atoms with van der Waals surface area (Å²) in [5.41, 5.74) is 3.65. The molecule has 0 N–H and O–H groups in total. The highest BCUT2D eigenvalue weighted by Crippen LogP contribution is 2.51. The Morgan fingerprint density at radius 2 is 0.864 bits per heavy atom. The van der Waals surface area contributed by atoms with E-state index in [9.17, 15) is 0 Å². The van der Waals surface area contributed by atoms with Gasteiger partial charge in [0.1, 0.15) is 0 Å². The Kier molecular flexibility index (Phi) is 2.73. The van der Waals surface area contributed by atoms with E-state index >= 15 is 0 Å². The lowest BCUT2D eigenvalue weighted by Crippen LogP contribution is -2.34. The first-order valence-corrected chi connectivity index (χ1v) is 8.36. The molecule has 112 valence electrons. The highest BCUT2D eigenvalue weighted by atomic mass is 14.4. The summed E-state index contributed by atoms with van der Waals surface area (Å²) in [5.74, 6) is 0. The van der Waals surface area contributed by atoms with E-state index in [1.807, 2.05) is 0 Å². The van der Waals surface area contributed by atoms with Crippen LogP contribution in [-0.4, -0.2) is 0 Å². The monoisotopic (exact) mass is 288 g/mol. The first-order valence-electron chi connectivity index (χ1n) is 8.36. The van der Waals surface area contributed by atoms with Crippen LogP contribution in [0.5, 0.6) is 0 Å². The fourth-order valence-electron chi connectivity index (χ4n) is 4.42. The molecule has 0 amide bonds. The van der Waals surface area contributed by atoms with Crippen LogP contribution in [0.3, 0.4) is 0 Å². The maximum atomic E-state index is 2.42. The van der Waals surface area contributed by atoms with Crippen LogP contribution in [0.2, 0.25) is 0 Å². The standard InChI is InChI=1S/C22H24/c1-21(2)13-14-22(3,4)20-18-12-8-6-10-16(18)15-9-5-7-11-17(15)19(20)21/h5-12H,13-14H2,1-4H3. The minimum Gasteiger partial charge on any atom is -0.0616 e. The molecule has 3 aromatic rings. The molecule has 1 aliphatic carbocycles. The predicted octanol–water partition coefficient (Wildman–Crippen LogP) is 6.34. The third-order valence-electron chi connectivity index (χ3n) is 5.66. The van der Waals surface area contributed by atoms with Gasteiger partial charge in [-0.05, 0) is 56.3 Å². The second kappa shape index (κ2) is 4.35. The third-order valence-corrected chi connectivity index (χ3v) is 5.66. The zero-order valence-electron chi connectivity index (χ0n) is 14.0. The molecule has 0 atom stereocenters. The normalized spacial score (nSPS) is 19.3. The van der Waals surface area contributed by atoms with Crippen molar-refractivity contribution in [3.8, 4) is 0 Å². The van der Waals surface area contributed by atoms with Crippen molar-refractivity contribution < 1.29 is 0 Å². The van der Waals surface area contributed by atoms with Gasteiger partial charge in [-0.3, -0.25) is 0 Å². The van der Waals surface area contributed by atoms with Crippen LogP contribution >= 0.6 is 0 Å². The van der Waals surface area contributed by atoms with E-state index in [1.54, 1.807) is 11.1 Å². The molecule has 0 heteroatoms. The quantitative estimate of drug-likeness (QED) is 0.423. The lowest BCUT2D eigenvalue weighted by molar-refractivity contribution is 0.337. The van der Waals surface area contributed by atoms with Crippen molar-refractivity contribution in [2.75, 3.05) is 0 Å². The van der Waals surface area contributed by atoms with E-state index in [0.29, 0.717) is 0 Å². The second-order valence-electron chi connectivity index (χ2n) is 8.11. The summed E-state index contributed by atoms with van der Waals surface area (Å²) < 4.78 is 0. The minimum atomic E-state index is 0.245. The van der Waals surface area contributed by atoms with Gasteiger partial charge in [0.2, 0.25) is 0 Å². The molecule has 0 saturated carbocycles. The first-order chi connectivity index (χ1) is 10.4. The van der Waals surface area contributed by atoms with Crippen LogP contribution < -0.4 is 0 Å². The fourth-order valence-corrected chi connectivity index (χ4v) is 4.42. The van der Waals surface area contributed by atoms with Crippen molar-refractivity contribution in [1.29, 1.82) is 0 Å². The Labute approximate surface area is 133 Å². The van der Waals surface area contributed by atoms with Crippen LogP contribution in [0.25, 0.3) is 21.5 Å². The molecular weight excluding hydrogens is 264 g/mol. The minimum absolute atomic E-state index is 0.245. The van der Waals surface area contributed by atoms with Gasteiger partial charge >= 0.3 is 0 Å². The molecule has 0 spiro atoms. The SMILES string of the molecule is CC1(C)CCC(C)(C)c2c1c1ccccc1c1ccccc21. The zero-order valence-corrected chi connectivity index (χ0v) is 14.0. The number of fused-ring (bicyclic) bond motifs is 6. The molecular formula is C22H24. The third kappa shape index (κ3) is 1.76. The molecule has 0 bridgehead atoms. The van der Waals surface area contributed by atoms with E-state index in [4.69, 9.17) is 0 Å².